The summed E-state index contributed by atoms with van der Waals surface area (Å²) in [6.45, 7) is 4.62. The molecule has 0 saturated carbocycles. The molecule has 2 heterocycles. The van der Waals surface area contributed by atoms with Crippen molar-refractivity contribution in [2.75, 3.05) is 6.54 Å². The van der Waals surface area contributed by atoms with E-state index in [1.807, 2.05) is 31.5 Å². The van der Waals surface area contributed by atoms with Gasteiger partial charge in [-0.25, -0.2) is 14.7 Å². The smallest absolute Gasteiger partial charge is 0.331 e. The van der Waals surface area contributed by atoms with Gasteiger partial charge >= 0.3 is 5.97 Å². The number of hydrogen-bond acceptors (Lipinski definition) is 5. The van der Waals surface area contributed by atoms with Gasteiger partial charge < -0.3 is 20.5 Å². The van der Waals surface area contributed by atoms with Gasteiger partial charge in [0.15, 0.2) is 0 Å². The fourth-order valence-electron chi connectivity index (χ4n) is 4.37. The summed E-state index contributed by atoms with van der Waals surface area (Å²) in [6.07, 6.45) is 2.00. The normalized spacial score (nSPS) is 19.4. The third-order valence-corrected chi connectivity index (χ3v) is 5.83. The maximum Gasteiger partial charge on any atom is 0.331 e. The molecule has 1 unspecified atom stereocenters. The first-order valence-corrected chi connectivity index (χ1v) is 9.76. The fraction of sp³-hybridized carbons (Fsp3) is 0.318. The van der Waals surface area contributed by atoms with Crippen LogP contribution in [-0.4, -0.2) is 28.2 Å². The van der Waals surface area contributed by atoms with Crippen molar-refractivity contribution in [3.8, 4) is 11.3 Å². The highest BCUT2D eigenvalue weighted by Crippen LogP contribution is 2.40. The number of carbonyl (C=O) groups excluding carboxylic acids is 1. The third kappa shape index (κ3) is 3.37. The Morgan fingerprint density at radius 3 is 2.77 bits per heavy atom. The van der Waals surface area contributed by atoms with Crippen LogP contribution in [0.4, 0.5) is 4.39 Å². The molecule has 7 nitrogen and oxygen atoms in total. The van der Waals surface area contributed by atoms with Gasteiger partial charge in [-0.3, -0.25) is 4.79 Å². The molecule has 0 radical (unpaired) electrons. The Morgan fingerprint density at radius 1 is 1.30 bits per heavy atom. The number of H-pyrrole nitrogens is 1. The zero-order chi connectivity index (χ0) is 21.5. The minimum absolute atomic E-state index is 0.0118. The molecule has 2 aromatic carbocycles. The molecule has 158 valence electrons. The fourth-order valence-corrected chi connectivity index (χ4v) is 4.37. The Hall–Kier alpha value is -2.78. The van der Waals surface area contributed by atoms with Crippen molar-refractivity contribution < 1.29 is 24.2 Å². The van der Waals surface area contributed by atoms with Crippen LogP contribution >= 0.6 is 0 Å². The Bertz CT molecular complexity index is 1100. The quantitative estimate of drug-likeness (QED) is 0.243. The lowest BCUT2D eigenvalue weighted by Gasteiger charge is -2.26. The van der Waals surface area contributed by atoms with E-state index in [9.17, 15) is 15.0 Å². The molecule has 1 aliphatic heterocycles. The summed E-state index contributed by atoms with van der Waals surface area (Å²) in [7, 11) is 0. The van der Waals surface area contributed by atoms with E-state index < -0.39 is 11.5 Å². The van der Waals surface area contributed by atoms with Crippen LogP contribution < -0.4 is 10.8 Å². The van der Waals surface area contributed by atoms with Crippen LogP contribution in [0.2, 0.25) is 0 Å². The summed E-state index contributed by atoms with van der Waals surface area (Å²) in [5.41, 5.74) is 4.03. The Labute approximate surface area is 172 Å². The van der Waals surface area contributed by atoms with Gasteiger partial charge in [0.05, 0.1) is 11.3 Å². The Kier molecular flexibility index (Phi) is 5.11. The van der Waals surface area contributed by atoms with Crippen LogP contribution in [0.15, 0.2) is 36.4 Å². The van der Waals surface area contributed by atoms with E-state index in [0.717, 1.165) is 24.9 Å². The van der Waals surface area contributed by atoms with Crippen molar-refractivity contribution in [3.63, 3.8) is 0 Å². The van der Waals surface area contributed by atoms with Crippen LogP contribution in [0.5, 0.6) is 0 Å². The van der Waals surface area contributed by atoms with Gasteiger partial charge in [0.1, 0.15) is 5.82 Å². The van der Waals surface area contributed by atoms with E-state index in [2.05, 4.69) is 10.3 Å². The van der Waals surface area contributed by atoms with E-state index in [1.54, 1.807) is 18.2 Å². The number of fused-ring (bicyclic) bond motifs is 1. The molecule has 5 N–H and O–H groups in total. The molecule has 0 spiro atoms. The maximum atomic E-state index is 15.1. The number of amides is 1. The second-order valence-electron chi connectivity index (χ2n) is 7.88. The molecule has 1 saturated heterocycles. The van der Waals surface area contributed by atoms with Gasteiger partial charge in [0.25, 0.3) is 0 Å². The number of rotatable bonds is 6. The monoisotopic (exact) mass is 413 g/mol. The number of nitrogens with one attached hydrogen (secondary N) is 3. The van der Waals surface area contributed by atoms with Gasteiger partial charge in [-0.2, -0.15) is 0 Å². The first-order chi connectivity index (χ1) is 14.3. The zero-order valence-corrected chi connectivity index (χ0v) is 16.8. The molecular weight excluding hydrogens is 389 g/mol. The van der Waals surface area contributed by atoms with Gasteiger partial charge in [-0.1, -0.05) is 24.3 Å². The first kappa shape index (κ1) is 20.5. The van der Waals surface area contributed by atoms with Gasteiger partial charge in [0, 0.05) is 27.6 Å². The SMILES string of the molecule is Cc1cccc2[nH]c(-c3ccc(C4(C)CCCN4)c(F)c3)c(C(O)(O)ONC=O)c12. The van der Waals surface area contributed by atoms with Crippen molar-refractivity contribution in [1.29, 1.82) is 0 Å². The zero-order valence-electron chi connectivity index (χ0n) is 16.8. The highest BCUT2D eigenvalue weighted by atomic mass is 19.1. The summed E-state index contributed by atoms with van der Waals surface area (Å²) in [5, 5.41) is 25.1. The molecular formula is C22H24FN3O4. The van der Waals surface area contributed by atoms with E-state index in [4.69, 9.17) is 4.84 Å². The molecule has 1 amide bonds. The van der Waals surface area contributed by atoms with E-state index >= 15 is 4.39 Å². The van der Waals surface area contributed by atoms with Crippen molar-refractivity contribution in [2.24, 2.45) is 0 Å². The summed E-state index contributed by atoms with van der Waals surface area (Å²) in [4.78, 5) is 18.5. The standard InChI is InChI=1S/C22H24FN3O4/c1-13-5-3-6-17-18(13)19(22(28,29)30-25-12-27)20(26-17)14-7-8-15(16(23)11-14)21(2)9-4-10-24-21/h3,5-8,11-12,24,26,28-29H,4,9-10H2,1-2H3,(H,25,27). The predicted molar refractivity (Wildman–Crippen MR) is 109 cm³/mol. The summed E-state index contributed by atoms with van der Waals surface area (Å²) in [5.74, 6) is -3.23. The summed E-state index contributed by atoms with van der Waals surface area (Å²) >= 11 is 0. The second kappa shape index (κ2) is 7.48. The number of hydrogen-bond donors (Lipinski definition) is 5. The van der Waals surface area contributed by atoms with Crippen LogP contribution in [0.3, 0.4) is 0 Å². The lowest BCUT2D eigenvalue weighted by molar-refractivity contribution is -0.366. The van der Waals surface area contributed by atoms with E-state index in [0.29, 0.717) is 22.0 Å². The lowest BCUT2D eigenvalue weighted by Crippen LogP contribution is -2.35. The minimum atomic E-state index is -2.84. The molecule has 30 heavy (non-hydrogen) atoms. The van der Waals surface area contributed by atoms with Crippen molar-refractivity contribution in [3.05, 3.63) is 58.9 Å². The highest BCUT2D eigenvalue weighted by Gasteiger charge is 2.37. The Morgan fingerprint density at radius 2 is 2.10 bits per heavy atom. The molecule has 1 aliphatic rings. The average Bonchev–Trinajstić information content (AvgIpc) is 3.32. The number of halogens is 1. The lowest BCUT2D eigenvalue weighted by atomic mass is 9.89. The van der Waals surface area contributed by atoms with Crippen LogP contribution in [-0.2, 0) is 21.1 Å². The number of aromatic amines is 1. The molecule has 4 rings (SSSR count). The van der Waals surface area contributed by atoms with Crippen molar-refractivity contribution >= 4 is 17.3 Å². The summed E-state index contributed by atoms with van der Waals surface area (Å²) in [6, 6.07) is 10.2. The molecule has 1 aromatic heterocycles. The van der Waals surface area contributed by atoms with E-state index in [-0.39, 0.29) is 23.5 Å². The number of hydroxylamine groups is 1. The molecule has 8 heteroatoms. The predicted octanol–water partition coefficient (Wildman–Crippen LogP) is 2.65. The van der Waals surface area contributed by atoms with E-state index in [1.165, 1.54) is 6.07 Å². The molecule has 1 atom stereocenters. The van der Waals surface area contributed by atoms with Gasteiger partial charge in [0.2, 0.25) is 6.41 Å². The van der Waals surface area contributed by atoms with Crippen molar-refractivity contribution in [1.82, 2.24) is 15.8 Å². The number of aromatic nitrogens is 1. The van der Waals surface area contributed by atoms with Gasteiger partial charge in [-0.05, 0) is 50.9 Å². The Balaban J connectivity index is 1.89. The molecule has 0 aliphatic carbocycles. The largest absolute Gasteiger partial charge is 0.354 e. The number of carbonyl (C=O) groups is 1. The highest BCUT2D eigenvalue weighted by molar-refractivity contribution is 5.93. The number of aryl methyl sites for hydroxylation is 1. The van der Waals surface area contributed by atoms with Crippen LogP contribution in [0.25, 0.3) is 22.2 Å². The first-order valence-electron chi connectivity index (χ1n) is 9.76. The van der Waals surface area contributed by atoms with Gasteiger partial charge in [-0.15, -0.1) is 0 Å². The second-order valence-corrected chi connectivity index (χ2v) is 7.88. The number of aliphatic hydroxyl groups is 2. The molecule has 3 aromatic rings. The van der Waals surface area contributed by atoms with Crippen molar-refractivity contribution in [2.45, 2.75) is 38.2 Å². The third-order valence-electron chi connectivity index (χ3n) is 5.83. The number of benzene rings is 2. The van der Waals surface area contributed by atoms with Crippen LogP contribution in [0.1, 0.15) is 36.5 Å². The average molecular weight is 413 g/mol. The maximum absolute atomic E-state index is 15.1. The van der Waals surface area contributed by atoms with Crippen LogP contribution in [0, 0.1) is 12.7 Å². The minimum Gasteiger partial charge on any atom is -0.354 e. The molecule has 1 fully saturated rings. The topological polar surface area (TPSA) is 107 Å². The summed E-state index contributed by atoms with van der Waals surface area (Å²) < 4.78 is 15.1. The molecule has 0 bridgehead atoms.